The SMILES string of the molecule is Cc1cc(F)cc(-c2nccc3[nH]c(-c4n[nH]c5ncc(-c6cncc(CN7CCC(F)(F)C7)c6)cc45)cc23)c1. The number of aryl methyl sites for hydroxylation is 1. The van der Waals surface area contributed by atoms with Crippen LogP contribution in [0.1, 0.15) is 17.5 Å². The molecule has 0 atom stereocenters. The topological polar surface area (TPSA) is 86.4 Å². The third-order valence-electron chi connectivity index (χ3n) is 7.32. The molecule has 1 aliphatic rings. The number of nitrogens with zero attached hydrogens (tertiary/aromatic N) is 5. The van der Waals surface area contributed by atoms with E-state index < -0.39 is 5.92 Å². The van der Waals surface area contributed by atoms with E-state index in [1.165, 1.54) is 12.1 Å². The average Bonchev–Trinajstić information content (AvgIpc) is 3.63. The molecule has 1 aliphatic heterocycles. The number of benzene rings is 1. The molecule has 0 radical (unpaired) electrons. The fraction of sp³-hybridized carbons (Fsp3) is 0.200. The predicted molar refractivity (Wildman–Crippen MR) is 147 cm³/mol. The summed E-state index contributed by atoms with van der Waals surface area (Å²) in [6.45, 7) is 2.40. The highest BCUT2D eigenvalue weighted by atomic mass is 19.3. The summed E-state index contributed by atoms with van der Waals surface area (Å²) in [5, 5.41) is 9.20. The number of pyridine rings is 3. The highest BCUT2D eigenvalue weighted by Crippen LogP contribution is 2.34. The summed E-state index contributed by atoms with van der Waals surface area (Å²) in [5.41, 5.74) is 7.68. The molecule has 0 bridgehead atoms. The molecule has 0 amide bonds. The minimum Gasteiger partial charge on any atom is -0.353 e. The van der Waals surface area contributed by atoms with Crippen molar-refractivity contribution in [2.45, 2.75) is 25.8 Å². The standard InChI is InChI=1S/C30H24F3N7/c1-17-6-19(9-22(31)7-17)27-23-11-26(37-25(23)2-4-35-27)28-24-10-21(14-36-29(24)39-38-28)20-8-18(12-34-13-20)15-40-5-3-30(32,33)16-40/h2,4,6-14,37H,3,5,15-16H2,1H3,(H,36,38,39). The second kappa shape index (κ2) is 9.27. The Hall–Kier alpha value is -4.57. The van der Waals surface area contributed by atoms with Gasteiger partial charge < -0.3 is 4.98 Å². The number of alkyl halides is 2. The van der Waals surface area contributed by atoms with Gasteiger partial charge in [-0.3, -0.25) is 20.0 Å². The maximum absolute atomic E-state index is 14.2. The molecule has 7 nitrogen and oxygen atoms in total. The van der Waals surface area contributed by atoms with Crippen molar-refractivity contribution >= 4 is 21.9 Å². The molecule has 7 rings (SSSR count). The van der Waals surface area contributed by atoms with Gasteiger partial charge in [-0.25, -0.2) is 18.2 Å². The zero-order valence-corrected chi connectivity index (χ0v) is 21.5. The third kappa shape index (κ3) is 4.50. The summed E-state index contributed by atoms with van der Waals surface area (Å²) in [6.07, 6.45) is 6.79. The fourth-order valence-corrected chi connectivity index (χ4v) is 5.48. The summed E-state index contributed by atoms with van der Waals surface area (Å²) >= 11 is 0. The maximum Gasteiger partial charge on any atom is 0.261 e. The molecule has 5 aromatic heterocycles. The molecule has 0 unspecified atom stereocenters. The van der Waals surface area contributed by atoms with Crippen molar-refractivity contribution in [2.24, 2.45) is 0 Å². The van der Waals surface area contributed by atoms with Crippen LogP contribution in [-0.4, -0.2) is 54.0 Å². The van der Waals surface area contributed by atoms with Crippen LogP contribution in [0.2, 0.25) is 0 Å². The van der Waals surface area contributed by atoms with E-state index in [1.807, 2.05) is 37.3 Å². The molecule has 40 heavy (non-hydrogen) atoms. The van der Waals surface area contributed by atoms with Gasteiger partial charge in [0.1, 0.15) is 11.5 Å². The van der Waals surface area contributed by atoms with Crippen molar-refractivity contribution in [1.82, 2.24) is 35.0 Å². The highest BCUT2D eigenvalue weighted by Gasteiger charge is 2.37. The van der Waals surface area contributed by atoms with Crippen LogP contribution in [0.25, 0.3) is 55.7 Å². The molecular formula is C30H24F3N7. The first-order chi connectivity index (χ1) is 19.3. The molecule has 6 heterocycles. The number of H-pyrrole nitrogens is 2. The summed E-state index contributed by atoms with van der Waals surface area (Å²) in [7, 11) is 0. The monoisotopic (exact) mass is 539 g/mol. The van der Waals surface area contributed by atoms with E-state index >= 15 is 0 Å². The van der Waals surface area contributed by atoms with Crippen molar-refractivity contribution in [3.8, 4) is 33.8 Å². The first kappa shape index (κ1) is 24.5. The number of halogens is 3. The van der Waals surface area contributed by atoms with Crippen LogP contribution in [0.15, 0.2) is 67.3 Å². The Kier molecular flexibility index (Phi) is 5.67. The van der Waals surface area contributed by atoms with E-state index in [4.69, 9.17) is 0 Å². The Morgan fingerprint density at radius 3 is 2.62 bits per heavy atom. The molecule has 0 spiro atoms. The molecule has 0 saturated carbocycles. The Morgan fingerprint density at radius 1 is 0.925 bits per heavy atom. The smallest absolute Gasteiger partial charge is 0.261 e. The van der Waals surface area contributed by atoms with Gasteiger partial charge in [0, 0.05) is 77.3 Å². The molecule has 2 N–H and O–H groups in total. The van der Waals surface area contributed by atoms with Crippen LogP contribution in [0.4, 0.5) is 13.2 Å². The molecular weight excluding hydrogens is 515 g/mol. The molecule has 0 aliphatic carbocycles. The number of hydrogen-bond donors (Lipinski definition) is 2. The Morgan fingerprint density at radius 2 is 1.80 bits per heavy atom. The van der Waals surface area contributed by atoms with E-state index in [2.05, 4.69) is 30.1 Å². The van der Waals surface area contributed by atoms with Crippen LogP contribution >= 0.6 is 0 Å². The molecule has 1 saturated heterocycles. The number of rotatable bonds is 5. The average molecular weight is 540 g/mol. The quantitative estimate of drug-likeness (QED) is 0.261. The lowest BCUT2D eigenvalue weighted by molar-refractivity contribution is 0.0115. The maximum atomic E-state index is 14.2. The second-order valence-corrected chi connectivity index (χ2v) is 10.4. The van der Waals surface area contributed by atoms with E-state index in [-0.39, 0.29) is 18.8 Å². The number of fused-ring (bicyclic) bond motifs is 2. The van der Waals surface area contributed by atoms with E-state index in [9.17, 15) is 13.2 Å². The van der Waals surface area contributed by atoms with Crippen molar-refractivity contribution < 1.29 is 13.2 Å². The van der Waals surface area contributed by atoms with Crippen molar-refractivity contribution in [2.75, 3.05) is 13.1 Å². The third-order valence-corrected chi connectivity index (χ3v) is 7.32. The van der Waals surface area contributed by atoms with Gasteiger partial charge in [0.25, 0.3) is 5.92 Å². The fourth-order valence-electron chi connectivity index (χ4n) is 5.48. The van der Waals surface area contributed by atoms with Gasteiger partial charge in [-0.2, -0.15) is 5.10 Å². The number of likely N-dealkylation sites (tertiary alicyclic amines) is 1. The Bertz CT molecular complexity index is 1870. The molecule has 10 heteroatoms. The van der Waals surface area contributed by atoms with Crippen LogP contribution in [-0.2, 0) is 6.54 Å². The largest absolute Gasteiger partial charge is 0.353 e. The number of nitrogens with one attached hydrogen (secondary N) is 2. The van der Waals surface area contributed by atoms with Gasteiger partial charge in [-0.15, -0.1) is 0 Å². The van der Waals surface area contributed by atoms with E-state index in [0.717, 1.165) is 44.2 Å². The zero-order chi connectivity index (χ0) is 27.4. The zero-order valence-electron chi connectivity index (χ0n) is 21.5. The number of aromatic amines is 2. The Labute approximate surface area is 227 Å². The Balaban J connectivity index is 1.25. The van der Waals surface area contributed by atoms with Crippen molar-refractivity contribution in [3.05, 3.63) is 84.2 Å². The first-order valence-electron chi connectivity index (χ1n) is 13.0. The number of hydrogen-bond acceptors (Lipinski definition) is 5. The minimum atomic E-state index is -2.63. The van der Waals surface area contributed by atoms with Gasteiger partial charge >= 0.3 is 0 Å². The normalized spacial score (nSPS) is 15.4. The highest BCUT2D eigenvalue weighted by molar-refractivity contribution is 6.00. The van der Waals surface area contributed by atoms with Crippen molar-refractivity contribution in [3.63, 3.8) is 0 Å². The lowest BCUT2D eigenvalue weighted by Crippen LogP contribution is -2.24. The second-order valence-electron chi connectivity index (χ2n) is 10.4. The van der Waals surface area contributed by atoms with Gasteiger partial charge in [-0.05, 0) is 60.5 Å². The lowest BCUT2D eigenvalue weighted by Gasteiger charge is -2.15. The van der Waals surface area contributed by atoms with Crippen LogP contribution < -0.4 is 0 Å². The summed E-state index contributed by atoms with van der Waals surface area (Å²) in [5.74, 6) is -2.94. The molecule has 200 valence electrons. The van der Waals surface area contributed by atoms with Gasteiger partial charge in [-0.1, -0.05) is 0 Å². The first-order valence-corrected chi connectivity index (χ1v) is 13.0. The van der Waals surface area contributed by atoms with Crippen molar-refractivity contribution in [1.29, 1.82) is 0 Å². The van der Waals surface area contributed by atoms with Crippen LogP contribution in [0, 0.1) is 12.7 Å². The summed E-state index contributed by atoms with van der Waals surface area (Å²) in [4.78, 5) is 18.6. The molecule has 1 aromatic carbocycles. The van der Waals surface area contributed by atoms with Gasteiger partial charge in [0.15, 0.2) is 5.65 Å². The predicted octanol–water partition coefficient (Wildman–Crippen LogP) is 6.52. The number of aromatic nitrogens is 6. The van der Waals surface area contributed by atoms with Gasteiger partial charge in [0.2, 0.25) is 0 Å². The lowest BCUT2D eigenvalue weighted by atomic mass is 10.0. The van der Waals surface area contributed by atoms with E-state index in [1.54, 1.807) is 29.7 Å². The van der Waals surface area contributed by atoms with Crippen LogP contribution in [0.5, 0.6) is 0 Å². The molecule has 1 fully saturated rings. The summed E-state index contributed by atoms with van der Waals surface area (Å²) < 4.78 is 41.5. The minimum absolute atomic E-state index is 0.114. The van der Waals surface area contributed by atoms with E-state index in [0.29, 0.717) is 35.7 Å². The van der Waals surface area contributed by atoms with Gasteiger partial charge in [0.05, 0.1) is 17.9 Å². The molecule has 6 aromatic rings. The summed E-state index contributed by atoms with van der Waals surface area (Å²) in [6, 6.07) is 12.7. The van der Waals surface area contributed by atoms with Crippen LogP contribution in [0.3, 0.4) is 0 Å².